The maximum Gasteiger partial charge on any atom is 0.236 e. The highest BCUT2D eigenvalue weighted by atomic mass is 16.5. The van der Waals surface area contributed by atoms with Gasteiger partial charge >= 0.3 is 0 Å². The number of nitrogens with zero attached hydrogens (tertiary/aromatic N) is 1. The fraction of sp³-hybridized carbons (Fsp3) is 0.800. The standard InChI is InChI=1S/C10H19N3O3/c1-16-7-4-11-8-10(15)13-5-2-9(14)12-3-6-13/h11H,2-8H2,1H3,(H,12,14). The van der Waals surface area contributed by atoms with Crippen LogP contribution in [0.2, 0.25) is 0 Å². The summed E-state index contributed by atoms with van der Waals surface area (Å²) >= 11 is 0. The van der Waals surface area contributed by atoms with Crippen molar-refractivity contribution in [2.75, 3.05) is 46.4 Å². The van der Waals surface area contributed by atoms with Crippen molar-refractivity contribution in [2.24, 2.45) is 0 Å². The van der Waals surface area contributed by atoms with E-state index in [1.54, 1.807) is 12.0 Å². The van der Waals surface area contributed by atoms with E-state index in [2.05, 4.69) is 10.6 Å². The minimum atomic E-state index is 0.0163. The van der Waals surface area contributed by atoms with Gasteiger partial charge in [-0.3, -0.25) is 9.59 Å². The molecule has 1 fully saturated rings. The summed E-state index contributed by atoms with van der Waals surface area (Å²) in [6.45, 7) is 3.20. The topological polar surface area (TPSA) is 70.7 Å². The number of carbonyl (C=O) groups is 2. The molecule has 0 aliphatic carbocycles. The van der Waals surface area contributed by atoms with Crippen LogP contribution in [0.15, 0.2) is 0 Å². The van der Waals surface area contributed by atoms with Crippen molar-refractivity contribution in [1.29, 1.82) is 0 Å². The van der Waals surface area contributed by atoms with Gasteiger partial charge in [0, 0.05) is 39.7 Å². The van der Waals surface area contributed by atoms with E-state index in [1.165, 1.54) is 0 Å². The highest BCUT2D eigenvalue weighted by molar-refractivity contribution is 5.81. The number of hydrogen-bond acceptors (Lipinski definition) is 4. The van der Waals surface area contributed by atoms with Crippen molar-refractivity contribution in [2.45, 2.75) is 6.42 Å². The van der Waals surface area contributed by atoms with E-state index in [0.29, 0.717) is 45.8 Å². The Bertz CT molecular complexity index is 245. The third kappa shape index (κ3) is 4.59. The zero-order valence-corrected chi connectivity index (χ0v) is 9.62. The summed E-state index contributed by atoms with van der Waals surface area (Å²) in [4.78, 5) is 24.5. The molecule has 0 spiro atoms. The van der Waals surface area contributed by atoms with Crippen molar-refractivity contribution in [3.05, 3.63) is 0 Å². The molecule has 0 bridgehead atoms. The van der Waals surface area contributed by atoms with E-state index in [9.17, 15) is 9.59 Å². The van der Waals surface area contributed by atoms with E-state index >= 15 is 0 Å². The van der Waals surface area contributed by atoms with Crippen LogP contribution in [0.1, 0.15) is 6.42 Å². The Morgan fingerprint density at radius 1 is 1.56 bits per heavy atom. The second-order valence-corrected chi connectivity index (χ2v) is 3.65. The van der Waals surface area contributed by atoms with Crippen LogP contribution in [-0.2, 0) is 14.3 Å². The van der Waals surface area contributed by atoms with E-state index in [4.69, 9.17) is 4.74 Å². The molecule has 2 amide bonds. The van der Waals surface area contributed by atoms with Crippen molar-refractivity contribution >= 4 is 11.8 Å². The van der Waals surface area contributed by atoms with Crippen LogP contribution in [0, 0.1) is 0 Å². The van der Waals surface area contributed by atoms with E-state index in [1.807, 2.05) is 0 Å². The Labute approximate surface area is 95.3 Å². The quantitative estimate of drug-likeness (QED) is 0.567. The van der Waals surface area contributed by atoms with E-state index in [-0.39, 0.29) is 11.8 Å². The second kappa shape index (κ2) is 7.19. The molecule has 1 aliphatic heterocycles. The lowest BCUT2D eigenvalue weighted by Gasteiger charge is -2.19. The summed E-state index contributed by atoms with van der Waals surface area (Å²) in [5.74, 6) is 0.0512. The third-order valence-corrected chi connectivity index (χ3v) is 2.42. The summed E-state index contributed by atoms with van der Waals surface area (Å²) < 4.78 is 4.86. The SMILES string of the molecule is COCCNCC(=O)N1CCNC(=O)CC1. The number of carbonyl (C=O) groups excluding carboxylic acids is 2. The number of ether oxygens (including phenoxy) is 1. The zero-order valence-electron chi connectivity index (χ0n) is 9.62. The Kier molecular flexibility index (Phi) is 5.81. The molecule has 0 aromatic carbocycles. The van der Waals surface area contributed by atoms with Crippen LogP contribution >= 0.6 is 0 Å². The van der Waals surface area contributed by atoms with E-state index < -0.39 is 0 Å². The first-order chi connectivity index (χ1) is 7.74. The molecule has 0 unspecified atom stereocenters. The van der Waals surface area contributed by atoms with Gasteiger partial charge < -0.3 is 20.3 Å². The van der Waals surface area contributed by atoms with Crippen LogP contribution in [0.4, 0.5) is 0 Å². The average Bonchev–Trinajstić information content (AvgIpc) is 2.49. The van der Waals surface area contributed by atoms with Gasteiger partial charge in [0.1, 0.15) is 0 Å². The highest BCUT2D eigenvalue weighted by Crippen LogP contribution is 1.96. The third-order valence-electron chi connectivity index (χ3n) is 2.42. The van der Waals surface area contributed by atoms with Crippen LogP contribution < -0.4 is 10.6 Å². The fourth-order valence-electron chi connectivity index (χ4n) is 1.50. The van der Waals surface area contributed by atoms with Gasteiger partial charge in [-0.25, -0.2) is 0 Å². The van der Waals surface area contributed by atoms with E-state index in [0.717, 1.165) is 0 Å². The van der Waals surface area contributed by atoms with Gasteiger partial charge in [0.2, 0.25) is 11.8 Å². The Morgan fingerprint density at radius 2 is 2.38 bits per heavy atom. The molecular weight excluding hydrogens is 210 g/mol. The molecule has 0 atom stereocenters. The summed E-state index contributed by atoms with van der Waals surface area (Å²) in [5, 5.41) is 5.73. The van der Waals surface area contributed by atoms with Gasteiger partial charge in [-0.05, 0) is 0 Å². The van der Waals surface area contributed by atoms with Crippen molar-refractivity contribution in [3.63, 3.8) is 0 Å². The molecule has 1 heterocycles. The molecule has 0 radical (unpaired) electrons. The van der Waals surface area contributed by atoms with Gasteiger partial charge in [-0.2, -0.15) is 0 Å². The predicted molar refractivity (Wildman–Crippen MR) is 59.0 cm³/mol. The van der Waals surface area contributed by atoms with Crippen molar-refractivity contribution in [3.8, 4) is 0 Å². The minimum absolute atomic E-state index is 0.0163. The number of rotatable bonds is 5. The summed E-state index contributed by atoms with van der Waals surface area (Å²) in [5.41, 5.74) is 0. The summed E-state index contributed by atoms with van der Waals surface area (Å²) in [6, 6.07) is 0. The lowest BCUT2D eigenvalue weighted by atomic mass is 10.3. The molecule has 1 rings (SSSR count). The average molecular weight is 229 g/mol. The first-order valence-electron chi connectivity index (χ1n) is 5.48. The van der Waals surface area contributed by atoms with Crippen LogP contribution in [-0.4, -0.2) is 63.2 Å². The van der Waals surface area contributed by atoms with Crippen LogP contribution in [0.3, 0.4) is 0 Å². The lowest BCUT2D eigenvalue weighted by Crippen LogP contribution is -2.40. The molecule has 0 saturated carbocycles. The summed E-state index contributed by atoms with van der Waals surface area (Å²) in [7, 11) is 1.62. The maximum atomic E-state index is 11.7. The smallest absolute Gasteiger partial charge is 0.236 e. The first-order valence-corrected chi connectivity index (χ1v) is 5.48. The molecular formula is C10H19N3O3. The van der Waals surface area contributed by atoms with Crippen LogP contribution in [0.5, 0.6) is 0 Å². The Hall–Kier alpha value is -1.14. The highest BCUT2D eigenvalue weighted by Gasteiger charge is 2.17. The number of nitrogens with one attached hydrogen (secondary N) is 2. The minimum Gasteiger partial charge on any atom is -0.383 e. The lowest BCUT2D eigenvalue weighted by molar-refractivity contribution is -0.130. The molecule has 1 aliphatic rings. The molecule has 6 nitrogen and oxygen atoms in total. The molecule has 6 heteroatoms. The molecule has 0 aromatic rings. The van der Waals surface area contributed by atoms with Gasteiger partial charge in [0.05, 0.1) is 13.2 Å². The second-order valence-electron chi connectivity index (χ2n) is 3.65. The maximum absolute atomic E-state index is 11.7. The normalized spacial score (nSPS) is 16.8. The molecule has 0 aromatic heterocycles. The van der Waals surface area contributed by atoms with Crippen molar-refractivity contribution in [1.82, 2.24) is 15.5 Å². The van der Waals surface area contributed by atoms with Gasteiger partial charge in [-0.1, -0.05) is 0 Å². The van der Waals surface area contributed by atoms with Gasteiger partial charge in [0.25, 0.3) is 0 Å². The zero-order chi connectivity index (χ0) is 11.8. The Morgan fingerprint density at radius 3 is 3.12 bits per heavy atom. The van der Waals surface area contributed by atoms with Crippen molar-refractivity contribution < 1.29 is 14.3 Å². The fourth-order valence-corrected chi connectivity index (χ4v) is 1.50. The van der Waals surface area contributed by atoms with Gasteiger partial charge in [0.15, 0.2) is 0 Å². The molecule has 1 saturated heterocycles. The monoisotopic (exact) mass is 229 g/mol. The number of amides is 2. The largest absolute Gasteiger partial charge is 0.383 e. The molecule has 16 heavy (non-hydrogen) atoms. The first kappa shape index (κ1) is 12.9. The summed E-state index contributed by atoms with van der Waals surface area (Å²) in [6.07, 6.45) is 0.393. The number of methoxy groups -OCH3 is 1. The number of hydrogen-bond donors (Lipinski definition) is 2. The van der Waals surface area contributed by atoms with Crippen LogP contribution in [0.25, 0.3) is 0 Å². The predicted octanol–water partition coefficient (Wildman–Crippen LogP) is -1.43. The van der Waals surface area contributed by atoms with Gasteiger partial charge in [-0.15, -0.1) is 0 Å². The molecule has 2 N–H and O–H groups in total. The Balaban J connectivity index is 2.22. The molecule has 92 valence electrons.